The number of hydrogen-bond donors (Lipinski definition) is 0. The maximum atomic E-state index is 11.5. The molecule has 0 aliphatic carbocycles. The van der Waals surface area contributed by atoms with Gasteiger partial charge in [-0.1, -0.05) is 0 Å². The van der Waals surface area contributed by atoms with Crippen molar-refractivity contribution in [2.24, 2.45) is 0 Å². The van der Waals surface area contributed by atoms with Gasteiger partial charge in [0.15, 0.2) is 0 Å². The van der Waals surface area contributed by atoms with Crippen LogP contribution in [0.1, 0.15) is 20.8 Å². The molecule has 0 radical (unpaired) electrons. The topological polar surface area (TPSA) is 44.1 Å². The van der Waals surface area contributed by atoms with Crippen molar-refractivity contribution in [2.45, 2.75) is 32.9 Å². The SMILES string of the molecule is CC(C)(C)OC(=O)Cn1nc(Br)cc1Br. The average Bonchev–Trinajstić information content (AvgIpc) is 2.25. The molecule has 0 fully saturated rings. The van der Waals surface area contributed by atoms with Gasteiger partial charge in [-0.3, -0.25) is 4.79 Å². The van der Waals surface area contributed by atoms with Crippen molar-refractivity contribution in [2.75, 3.05) is 0 Å². The third-order valence-corrected chi connectivity index (χ3v) is 2.43. The maximum absolute atomic E-state index is 11.5. The van der Waals surface area contributed by atoms with E-state index >= 15 is 0 Å². The van der Waals surface area contributed by atoms with E-state index in [1.165, 1.54) is 4.68 Å². The fourth-order valence-corrected chi connectivity index (χ4v) is 2.11. The zero-order valence-electron chi connectivity index (χ0n) is 8.75. The van der Waals surface area contributed by atoms with Gasteiger partial charge in [-0.05, 0) is 52.6 Å². The van der Waals surface area contributed by atoms with E-state index in [9.17, 15) is 4.79 Å². The number of rotatable bonds is 2. The van der Waals surface area contributed by atoms with Crippen LogP contribution in [0.3, 0.4) is 0 Å². The van der Waals surface area contributed by atoms with Crippen LogP contribution in [0.2, 0.25) is 0 Å². The molecular weight excluding hydrogens is 328 g/mol. The minimum Gasteiger partial charge on any atom is -0.459 e. The van der Waals surface area contributed by atoms with Crippen LogP contribution in [-0.2, 0) is 16.1 Å². The minimum atomic E-state index is -0.464. The van der Waals surface area contributed by atoms with E-state index in [0.717, 1.165) is 4.60 Å². The summed E-state index contributed by atoms with van der Waals surface area (Å²) in [6, 6.07) is 1.77. The summed E-state index contributed by atoms with van der Waals surface area (Å²) < 4.78 is 8.11. The van der Waals surface area contributed by atoms with Gasteiger partial charge in [0.25, 0.3) is 0 Å². The number of esters is 1. The third-order valence-electron chi connectivity index (χ3n) is 1.40. The molecule has 0 aromatic carbocycles. The van der Waals surface area contributed by atoms with Crippen molar-refractivity contribution in [3.8, 4) is 0 Å². The van der Waals surface area contributed by atoms with Gasteiger partial charge in [-0.15, -0.1) is 0 Å². The first-order chi connectivity index (χ1) is 6.78. The Labute approximate surface area is 105 Å². The van der Waals surface area contributed by atoms with Crippen LogP contribution in [0, 0.1) is 0 Å². The van der Waals surface area contributed by atoms with E-state index in [-0.39, 0.29) is 12.5 Å². The molecule has 6 heteroatoms. The van der Waals surface area contributed by atoms with E-state index in [1.54, 1.807) is 6.07 Å². The van der Waals surface area contributed by atoms with Gasteiger partial charge in [-0.25, -0.2) is 4.68 Å². The molecule has 0 bridgehead atoms. The van der Waals surface area contributed by atoms with E-state index in [4.69, 9.17) is 4.74 Å². The van der Waals surface area contributed by atoms with E-state index in [2.05, 4.69) is 37.0 Å². The number of hydrogen-bond acceptors (Lipinski definition) is 3. The van der Waals surface area contributed by atoms with Crippen molar-refractivity contribution in [3.05, 3.63) is 15.3 Å². The van der Waals surface area contributed by atoms with Crippen LogP contribution in [0.15, 0.2) is 15.3 Å². The summed E-state index contributed by atoms with van der Waals surface area (Å²) in [7, 11) is 0. The van der Waals surface area contributed by atoms with E-state index < -0.39 is 5.60 Å². The van der Waals surface area contributed by atoms with Gasteiger partial charge >= 0.3 is 5.97 Å². The summed E-state index contributed by atoms with van der Waals surface area (Å²) in [6.07, 6.45) is 0. The lowest BCUT2D eigenvalue weighted by Gasteiger charge is -2.19. The summed E-state index contributed by atoms with van der Waals surface area (Å²) in [5, 5.41) is 4.07. The second-order valence-electron chi connectivity index (χ2n) is 4.03. The highest BCUT2D eigenvalue weighted by Gasteiger charge is 2.17. The fraction of sp³-hybridized carbons (Fsp3) is 0.556. The molecule has 1 aromatic rings. The summed E-state index contributed by atoms with van der Waals surface area (Å²) >= 11 is 6.51. The quantitative estimate of drug-likeness (QED) is 0.778. The van der Waals surface area contributed by atoms with Gasteiger partial charge in [0, 0.05) is 6.07 Å². The molecule has 0 saturated heterocycles. The molecule has 0 atom stereocenters. The van der Waals surface area contributed by atoms with Crippen LogP contribution < -0.4 is 0 Å². The molecule has 84 valence electrons. The molecule has 1 rings (SSSR count). The van der Waals surface area contributed by atoms with E-state index in [1.807, 2.05) is 20.8 Å². The predicted octanol–water partition coefficient (Wildman–Crippen LogP) is 2.75. The molecule has 0 spiro atoms. The van der Waals surface area contributed by atoms with Crippen LogP contribution in [0.25, 0.3) is 0 Å². The van der Waals surface area contributed by atoms with Crippen LogP contribution in [0.5, 0.6) is 0 Å². The molecule has 0 amide bonds. The number of nitrogens with zero attached hydrogens (tertiary/aromatic N) is 2. The van der Waals surface area contributed by atoms with Crippen LogP contribution in [-0.4, -0.2) is 21.4 Å². The Bertz CT molecular complexity index is 369. The molecule has 0 aliphatic heterocycles. The summed E-state index contributed by atoms with van der Waals surface area (Å²) in [4.78, 5) is 11.5. The lowest BCUT2D eigenvalue weighted by Crippen LogP contribution is -2.26. The first-order valence-electron chi connectivity index (χ1n) is 4.38. The molecular formula is C9H12Br2N2O2. The van der Waals surface area contributed by atoms with Crippen LogP contribution >= 0.6 is 31.9 Å². The first kappa shape index (κ1) is 12.7. The second-order valence-corrected chi connectivity index (χ2v) is 5.66. The van der Waals surface area contributed by atoms with Gasteiger partial charge in [0.2, 0.25) is 0 Å². The number of carbonyl (C=O) groups is 1. The molecule has 0 unspecified atom stereocenters. The molecule has 1 aromatic heterocycles. The molecule has 0 aliphatic rings. The molecule has 4 nitrogen and oxygen atoms in total. The summed E-state index contributed by atoms with van der Waals surface area (Å²) in [6.45, 7) is 5.60. The largest absolute Gasteiger partial charge is 0.459 e. The Balaban J connectivity index is 2.63. The average molecular weight is 340 g/mol. The highest BCUT2D eigenvalue weighted by atomic mass is 79.9. The Kier molecular flexibility index (Phi) is 3.94. The number of halogens is 2. The van der Waals surface area contributed by atoms with Crippen molar-refractivity contribution in [1.82, 2.24) is 9.78 Å². The zero-order valence-corrected chi connectivity index (χ0v) is 11.9. The molecule has 1 heterocycles. The fourth-order valence-electron chi connectivity index (χ4n) is 0.972. The smallest absolute Gasteiger partial charge is 0.328 e. The Hall–Kier alpha value is -0.360. The highest BCUT2D eigenvalue weighted by Crippen LogP contribution is 2.16. The van der Waals surface area contributed by atoms with E-state index in [0.29, 0.717) is 4.60 Å². The number of aromatic nitrogens is 2. The molecule has 0 saturated carbocycles. The third kappa shape index (κ3) is 4.34. The second kappa shape index (κ2) is 4.65. The van der Waals surface area contributed by atoms with Gasteiger partial charge in [0.05, 0.1) is 0 Å². The first-order valence-corrected chi connectivity index (χ1v) is 5.97. The van der Waals surface area contributed by atoms with Crippen LogP contribution in [0.4, 0.5) is 0 Å². The zero-order chi connectivity index (χ0) is 11.6. The number of carbonyl (C=O) groups excluding carboxylic acids is 1. The summed E-state index contributed by atoms with van der Waals surface area (Å²) in [5.74, 6) is -0.307. The highest BCUT2D eigenvalue weighted by molar-refractivity contribution is 9.11. The monoisotopic (exact) mass is 338 g/mol. The van der Waals surface area contributed by atoms with Gasteiger partial charge < -0.3 is 4.74 Å². The normalized spacial score (nSPS) is 11.5. The molecule has 0 N–H and O–H groups in total. The maximum Gasteiger partial charge on any atom is 0.328 e. The standard InChI is InChI=1S/C9H12Br2N2O2/c1-9(2,3)15-8(14)5-13-7(11)4-6(10)12-13/h4H,5H2,1-3H3. The Morgan fingerprint density at radius 2 is 2.13 bits per heavy atom. The molecule has 15 heavy (non-hydrogen) atoms. The lowest BCUT2D eigenvalue weighted by atomic mass is 10.2. The summed E-state index contributed by atoms with van der Waals surface area (Å²) in [5.41, 5.74) is -0.464. The predicted molar refractivity (Wildman–Crippen MR) is 63.5 cm³/mol. The van der Waals surface area contributed by atoms with Crippen molar-refractivity contribution in [1.29, 1.82) is 0 Å². The van der Waals surface area contributed by atoms with Gasteiger partial charge in [0.1, 0.15) is 21.4 Å². The number of ether oxygens (including phenoxy) is 1. The van der Waals surface area contributed by atoms with Crippen molar-refractivity contribution < 1.29 is 9.53 Å². The lowest BCUT2D eigenvalue weighted by molar-refractivity contribution is -0.155. The van der Waals surface area contributed by atoms with Crippen molar-refractivity contribution in [3.63, 3.8) is 0 Å². The van der Waals surface area contributed by atoms with Crippen molar-refractivity contribution >= 4 is 37.8 Å². The Morgan fingerprint density at radius 3 is 2.53 bits per heavy atom. The van der Waals surface area contributed by atoms with Gasteiger partial charge in [-0.2, -0.15) is 5.10 Å². The minimum absolute atomic E-state index is 0.101. The Morgan fingerprint density at radius 1 is 1.53 bits per heavy atom.